The predicted octanol–water partition coefficient (Wildman–Crippen LogP) is 4.28. The fourth-order valence-electron chi connectivity index (χ4n) is 2.67. The van der Waals surface area contributed by atoms with Crippen molar-refractivity contribution in [3.05, 3.63) is 57.3 Å². The highest BCUT2D eigenvalue weighted by Crippen LogP contribution is 2.30. The van der Waals surface area contributed by atoms with Gasteiger partial charge in [-0.1, -0.05) is 36.8 Å². The van der Waals surface area contributed by atoms with Crippen LogP contribution in [0.3, 0.4) is 0 Å². The van der Waals surface area contributed by atoms with E-state index in [1.165, 1.54) is 20.9 Å². The molecule has 1 aromatic heterocycles. The molecule has 2 unspecified atom stereocenters. The van der Waals surface area contributed by atoms with Crippen LogP contribution in [0.4, 0.5) is 0 Å². The second-order valence-electron chi connectivity index (χ2n) is 5.87. The second kappa shape index (κ2) is 7.21. The van der Waals surface area contributed by atoms with E-state index in [1.54, 1.807) is 0 Å². The lowest BCUT2D eigenvalue weighted by Crippen LogP contribution is -2.38. The molecule has 0 saturated carbocycles. The quantitative estimate of drug-likeness (QED) is 0.863. The van der Waals surface area contributed by atoms with Crippen LogP contribution >= 0.6 is 11.3 Å². The van der Waals surface area contributed by atoms with Gasteiger partial charge in [0.15, 0.2) is 0 Å². The molecule has 3 heteroatoms. The zero-order valence-electron chi connectivity index (χ0n) is 13.5. The Morgan fingerprint density at radius 2 is 1.76 bits per heavy atom. The zero-order valence-corrected chi connectivity index (χ0v) is 14.3. The van der Waals surface area contributed by atoms with Crippen molar-refractivity contribution in [2.24, 2.45) is 5.73 Å². The van der Waals surface area contributed by atoms with Gasteiger partial charge in [-0.15, -0.1) is 11.3 Å². The maximum absolute atomic E-state index is 6.40. The number of hydrogen-bond acceptors (Lipinski definition) is 3. The summed E-state index contributed by atoms with van der Waals surface area (Å²) < 4.78 is 0. The van der Waals surface area contributed by atoms with Crippen LogP contribution in [0, 0.1) is 13.8 Å². The first-order valence-corrected chi connectivity index (χ1v) is 8.40. The third-order valence-electron chi connectivity index (χ3n) is 3.96. The van der Waals surface area contributed by atoms with Gasteiger partial charge in [-0.2, -0.15) is 0 Å². The van der Waals surface area contributed by atoms with Gasteiger partial charge >= 0.3 is 0 Å². The van der Waals surface area contributed by atoms with Crippen molar-refractivity contribution in [3.63, 3.8) is 0 Å². The minimum absolute atomic E-state index is 0.165. The van der Waals surface area contributed by atoms with Crippen LogP contribution in [0.5, 0.6) is 0 Å². The summed E-state index contributed by atoms with van der Waals surface area (Å²) in [5, 5.41) is 0. The Morgan fingerprint density at radius 3 is 2.29 bits per heavy atom. The molecule has 1 heterocycles. The van der Waals surface area contributed by atoms with Gasteiger partial charge in [0, 0.05) is 22.3 Å². The molecular formula is C18H26N2S. The van der Waals surface area contributed by atoms with Gasteiger partial charge in [-0.05, 0) is 45.0 Å². The molecular weight excluding hydrogens is 276 g/mol. The Balaban J connectivity index is 2.18. The van der Waals surface area contributed by atoms with Gasteiger partial charge in [0.05, 0.1) is 6.04 Å². The Hall–Kier alpha value is -1.16. The van der Waals surface area contributed by atoms with E-state index in [1.807, 2.05) is 11.3 Å². The standard InChI is InChI=1S/C18H26N2S/c1-5-16(19)18(17-11-8-14(3)21-17)20(4)12-15-9-6-13(2)7-10-15/h6-11,16,18H,5,12,19H2,1-4H3. The molecule has 2 nitrogen and oxygen atoms in total. The summed E-state index contributed by atoms with van der Waals surface area (Å²) in [6.07, 6.45) is 0.986. The van der Waals surface area contributed by atoms with E-state index in [0.717, 1.165) is 13.0 Å². The van der Waals surface area contributed by atoms with Crippen molar-refractivity contribution in [1.82, 2.24) is 4.90 Å². The first kappa shape index (κ1) is 16.2. The number of hydrogen-bond donors (Lipinski definition) is 1. The number of aryl methyl sites for hydroxylation is 2. The monoisotopic (exact) mass is 302 g/mol. The van der Waals surface area contributed by atoms with Crippen LogP contribution in [-0.2, 0) is 6.54 Å². The SMILES string of the molecule is CCC(N)C(c1ccc(C)s1)N(C)Cc1ccc(C)cc1. The molecule has 0 fully saturated rings. The van der Waals surface area contributed by atoms with Crippen LogP contribution in [0.2, 0.25) is 0 Å². The van der Waals surface area contributed by atoms with Gasteiger partial charge in [0.2, 0.25) is 0 Å². The first-order valence-electron chi connectivity index (χ1n) is 7.59. The molecule has 114 valence electrons. The van der Waals surface area contributed by atoms with E-state index >= 15 is 0 Å². The van der Waals surface area contributed by atoms with E-state index in [2.05, 4.69) is 69.1 Å². The highest BCUT2D eigenvalue weighted by Gasteiger charge is 2.24. The summed E-state index contributed by atoms with van der Waals surface area (Å²) in [5.41, 5.74) is 9.04. The Labute approximate surface area is 132 Å². The molecule has 1 aromatic carbocycles. The molecule has 2 N–H and O–H groups in total. The minimum atomic E-state index is 0.165. The van der Waals surface area contributed by atoms with Crippen LogP contribution in [0.15, 0.2) is 36.4 Å². The van der Waals surface area contributed by atoms with Crippen molar-refractivity contribution < 1.29 is 0 Å². The number of thiophene rings is 1. The van der Waals surface area contributed by atoms with Crippen molar-refractivity contribution in [2.45, 2.75) is 45.8 Å². The number of likely N-dealkylation sites (N-methyl/N-ethyl adjacent to an activating group) is 1. The van der Waals surface area contributed by atoms with E-state index in [4.69, 9.17) is 5.73 Å². The molecule has 0 bridgehead atoms. The van der Waals surface area contributed by atoms with Crippen molar-refractivity contribution in [1.29, 1.82) is 0 Å². The summed E-state index contributed by atoms with van der Waals surface area (Å²) >= 11 is 1.86. The van der Waals surface area contributed by atoms with Gasteiger partial charge in [-0.25, -0.2) is 0 Å². The maximum Gasteiger partial charge on any atom is 0.0593 e. The van der Waals surface area contributed by atoms with E-state index in [-0.39, 0.29) is 12.1 Å². The molecule has 0 amide bonds. The lowest BCUT2D eigenvalue weighted by atomic mass is 10.0. The number of nitrogens with two attached hydrogens (primary N) is 1. The smallest absolute Gasteiger partial charge is 0.0593 e. The highest BCUT2D eigenvalue weighted by molar-refractivity contribution is 7.12. The van der Waals surface area contributed by atoms with Crippen molar-refractivity contribution in [2.75, 3.05) is 7.05 Å². The van der Waals surface area contributed by atoms with E-state index < -0.39 is 0 Å². The van der Waals surface area contributed by atoms with Crippen LogP contribution in [-0.4, -0.2) is 18.0 Å². The highest BCUT2D eigenvalue weighted by atomic mass is 32.1. The fraction of sp³-hybridized carbons (Fsp3) is 0.444. The third kappa shape index (κ3) is 4.16. The summed E-state index contributed by atoms with van der Waals surface area (Å²) in [5.74, 6) is 0. The van der Waals surface area contributed by atoms with E-state index in [0.29, 0.717) is 0 Å². The summed E-state index contributed by atoms with van der Waals surface area (Å²) in [4.78, 5) is 5.10. The normalized spacial score (nSPS) is 14.4. The second-order valence-corrected chi connectivity index (χ2v) is 7.19. The summed E-state index contributed by atoms with van der Waals surface area (Å²) in [6, 6.07) is 13.6. The lowest BCUT2D eigenvalue weighted by Gasteiger charge is -2.31. The van der Waals surface area contributed by atoms with Crippen LogP contribution in [0.25, 0.3) is 0 Å². The summed E-state index contributed by atoms with van der Waals surface area (Å²) in [6.45, 7) is 7.37. The fourth-order valence-corrected chi connectivity index (χ4v) is 3.79. The average Bonchev–Trinajstić information content (AvgIpc) is 2.87. The van der Waals surface area contributed by atoms with Crippen LogP contribution in [0.1, 0.15) is 40.3 Å². The molecule has 0 aliphatic rings. The molecule has 2 atom stereocenters. The molecule has 0 saturated heterocycles. The maximum atomic E-state index is 6.40. The minimum Gasteiger partial charge on any atom is -0.326 e. The van der Waals surface area contributed by atoms with Crippen molar-refractivity contribution >= 4 is 11.3 Å². The molecule has 0 radical (unpaired) electrons. The van der Waals surface area contributed by atoms with E-state index in [9.17, 15) is 0 Å². The Kier molecular flexibility index (Phi) is 5.57. The molecule has 0 aliphatic heterocycles. The topological polar surface area (TPSA) is 29.3 Å². The van der Waals surface area contributed by atoms with Gasteiger partial charge < -0.3 is 5.73 Å². The zero-order chi connectivity index (χ0) is 15.4. The Morgan fingerprint density at radius 1 is 1.10 bits per heavy atom. The third-order valence-corrected chi connectivity index (χ3v) is 5.03. The number of benzene rings is 1. The van der Waals surface area contributed by atoms with Gasteiger partial charge in [0.25, 0.3) is 0 Å². The lowest BCUT2D eigenvalue weighted by molar-refractivity contribution is 0.205. The molecule has 21 heavy (non-hydrogen) atoms. The summed E-state index contributed by atoms with van der Waals surface area (Å²) in [7, 11) is 2.18. The molecule has 2 rings (SSSR count). The van der Waals surface area contributed by atoms with Gasteiger partial charge in [0.1, 0.15) is 0 Å². The largest absolute Gasteiger partial charge is 0.326 e. The predicted molar refractivity (Wildman–Crippen MR) is 92.7 cm³/mol. The molecule has 2 aromatic rings. The Bertz CT molecular complexity index is 559. The van der Waals surface area contributed by atoms with Crippen LogP contribution < -0.4 is 5.73 Å². The average molecular weight is 302 g/mol. The number of nitrogens with zero attached hydrogens (tertiary/aromatic N) is 1. The molecule has 0 aliphatic carbocycles. The number of rotatable bonds is 6. The molecule has 0 spiro atoms. The van der Waals surface area contributed by atoms with Gasteiger partial charge in [-0.3, -0.25) is 4.90 Å². The first-order chi connectivity index (χ1) is 10.0. The van der Waals surface area contributed by atoms with Crippen molar-refractivity contribution in [3.8, 4) is 0 Å².